The predicted molar refractivity (Wildman–Crippen MR) is 121 cm³/mol. The number of ether oxygens (including phenoxy) is 3. The highest BCUT2D eigenvalue weighted by molar-refractivity contribution is 8.14. The molecule has 1 aliphatic heterocycles. The van der Waals surface area contributed by atoms with E-state index in [-0.39, 0.29) is 11.8 Å². The van der Waals surface area contributed by atoms with E-state index in [0.29, 0.717) is 29.5 Å². The molecule has 1 N–H and O–H groups in total. The second-order valence-electron chi connectivity index (χ2n) is 6.60. The number of hydrogen-bond acceptors (Lipinski definition) is 8. The third kappa shape index (κ3) is 5.58. The van der Waals surface area contributed by atoms with Gasteiger partial charge in [-0.05, 0) is 42.8 Å². The summed E-state index contributed by atoms with van der Waals surface area (Å²) in [7, 11) is 2.72. The Hall–Kier alpha value is -3.53. The van der Waals surface area contributed by atoms with Crippen LogP contribution in [-0.4, -0.2) is 54.4 Å². The molecule has 3 rings (SSSR count). The first-order valence-corrected chi connectivity index (χ1v) is 10.7. The van der Waals surface area contributed by atoms with E-state index in [0.717, 1.165) is 23.9 Å². The van der Waals surface area contributed by atoms with Gasteiger partial charge in [0.1, 0.15) is 0 Å². The van der Waals surface area contributed by atoms with Crippen LogP contribution in [-0.2, 0) is 20.9 Å². The van der Waals surface area contributed by atoms with Gasteiger partial charge in [0.05, 0.1) is 33.1 Å². The summed E-state index contributed by atoms with van der Waals surface area (Å²) in [4.78, 5) is 35.2. The lowest BCUT2D eigenvalue weighted by atomic mass is 10.1. The number of rotatable bonds is 7. The second kappa shape index (κ2) is 10.7. The standard InChI is InChI=1S/C22H23N3O6S/c1-4-31-19-11-15(7-10-18(19)29-2)17-13-32-22(28)25(24-17)12-14-5-8-16(9-6-14)23-20(26)21(27)30-3/h5-11H,4,12-13H2,1-3H3,(H,23,26). The van der Waals surface area contributed by atoms with Gasteiger partial charge in [0.25, 0.3) is 0 Å². The first-order valence-electron chi connectivity index (χ1n) is 9.76. The number of carbonyl (C=O) groups is 3. The van der Waals surface area contributed by atoms with Crippen LogP contribution in [0.3, 0.4) is 0 Å². The number of carbonyl (C=O) groups excluding carboxylic acids is 3. The number of esters is 1. The highest BCUT2D eigenvalue weighted by Gasteiger charge is 2.23. The number of methoxy groups -OCH3 is 2. The van der Waals surface area contributed by atoms with Gasteiger partial charge < -0.3 is 19.5 Å². The highest BCUT2D eigenvalue weighted by atomic mass is 32.2. The minimum Gasteiger partial charge on any atom is -0.493 e. The first-order chi connectivity index (χ1) is 15.4. The molecule has 0 aliphatic carbocycles. The monoisotopic (exact) mass is 457 g/mol. The second-order valence-corrected chi connectivity index (χ2v) is 7.53. The van der Waals surface area contributed by atoms with Crippen molar-refractivity contribution in [1.29, 1.82) is 0 Å². The van der Waals surface area contributed by atoms with Gasteiger partial charge in [0.2, 0.25) is 0 Å². The van der Waals surface area contributed by atoms with Crippen molar-refractivity contribution in [3.05, 3.63) is 53.6 Å². The molecule has 1 aliphatic rings. The molecule has 0 spiro atoms. The van der Waals surface area contributed by atoms with E-state index in [9.17, 15) is 14.4 Å². The van der Waals surface area contributed by atoms with Crippen molar-refractivity contribution in [2.24, 2.45) is 5.10 Å². The summed E-state index contributed by atoms with van der Waals surface area (Å²) in [5, 5.41) is 8.22. The van der Waals surface area contributed by atoms with Crippen LogP contribution < -0.4 is 14.8 Å². The lowest BCUT2D eigenvalue weighted by Gasteiger charge is -2.23. The van der Waals surface area contributed by atoms with Gasteiger partial charge >= 0.3 is 17.1 Å². The molecule has 2 aromatic carbocycles. The Morgan fingerprint density at radius 3 is 2.53 bits per heavy atom. The molecule has 0 saturated heterocycles. The average molecular weight is 458 g/mol. The zero-order chi connectivity index (χ0) is 23.1. The van der Waals surface area contributed by atoms with Gasteiger partial charge in [-0.15, -0.1) is 0 Å². The van der Waals surface area contributed by atoms with Gasteiger partial charge in [-0.25, -0.2) is 9.80 Å². The maximum Gasteiger partial charge on any atom is 0.396 e. The third-order valence-electron chi connectivity index (χ3n) is 4.50. The maximum atomic E-state index is 12.4. The number of nitrogens with zero attached hydrogens (tertiary/aromatic N) is 2. The first kappa shape index (κ1) is 23.1. The van der Waals surface area contributed by atoms with Gasteiger partial charge in [-0.1, -0.05) is 23.9 Å². The molecule has 0 atom stereocenters. The Kier molecular flexibility index (Phi) is 7.72. The quantitative estimate of drug-likeness (QED) is 0.502. The number of benzene rings is 2. The third-order valence-corrected chi connectivity index (χ3v) is 5.37. The van der Waals surface area contributed by atoms with E-state index < -0.39 is 11.9 Å². The summed E-state index contributed by atoms with van der Waals surface area (Å²) >= 11 is 1.17. The largest absolute Gasteiger partial charge is 0.493 e. The number of hydrazone groups is 1. The smallest absolute Gasteiger partial charge is 0.396 e. The molecule has 9 nitrogen and oxygen atoms in total. The lowest BCUT2D eigenvalue weighted by Crippen LogP contribution is -2.29. The lowest BCUT2D eigenvalue weighted by molar-refractivity contribution is -0.150. The van der Waals surface area contributed by atoms with Crippen molar-refractivity contribution in [3.8, 4) is 11.5 Å². The van der Waals surface area contributed by atoms with Gasteiger partial charge in [-0.2, -0.15) is 5.10 Å². The molecule has 1 heterocycles. The van der Waals surface area contributed by atoms with E-state index >= 15 is 0 Å². The fourth-order valence-electron chi connectivity index (χ4n) is 2.93. The SMILES string of the molecule is CCOc1cc(C2=NN(Cc3ccc(NC(=O)C(=O)OC)cc3)C(=O)SC2)ccc1OC. The number of hydrogen-bond donors (Lipinski definition) is 1. The molecule has 0 saturated carbocycles. The Balaban J connectivity index is 1.75. The van der Waals surface area contributed by atoms with Crippen LogP contribution in [0, 0.1) is 0 Å². The molecule has 32 heavy (non-hydrogen) atoms. The summed E-state index contributed by atoms with van der Waals surface area (Å²) in [6.07, 6.45) is 0. The van der Waals surface area contributed by atoms with Crippen molar-refractivity contribution in [2.75, 3.05) is 31.9 Å². The molecule has 0 bridgehead atoms. The van der Waals surface area contributed by atoms with E-state index in [2.05, 4.69) is 15.2 Å². The van der Waals surface area contributed by atoms with Gasteiger partial charge in [0.15, 0.2) is 11.5 Å². The van der Waals surface area contributed by atoms with Crippen molar-refractivity contribution in [3.63, 3.8) is 0 Å². The number of thioether (sulfide) groups is 1. The van der Waals surface area contributed by atoms with Crippen LogP contribution in [0.4, 0.5) is 10.5 Å². The van der Waals surface area contributed by atoms with Crippen LogP contribution in [0.25, 0.3) is 0 Å². The minimum absolute atomic E-state index is 0.157. The summed E-state index contributed by atoms with van der Waals surface area (Å²) in [5.41, 5.74) is 2.85. The van der Waals surface area contributed by atoms with Crippen molar-refractivity contribution in [1.82, 2.24) is 5.01 Å². The van der Waals surface area contributed by atoms with Crippen LogP contribution in [0.15, 0.2) is 47.6 Å². The summed E-state index contributed by atoms with van der Waals surface area (Å²) < 4.78 is 15.3. The molecule has 0 radical (unpaired) electrons. The van der Waals surface area contributed by atoms with Crippen molar-refractivity contribution in [2.45, 2.75) is 13.5 Å². The molecule has 0 aromatic heterocycles. The highest BCUT2D eigenvalue weighted by Crippen LogP contribution is 2.30. The van der Waals surface area contributed by atoms with Crippen LogP contribution in [0.5, 0.6) is 11.5 Å². The normalized spacial score (nSPS) is 13.3. The van der Waals surface area contributed by atoms with E-state index in [4.69, 9.17) is 9.47 Å². The van der Waals surface area contributed by atoms with Crippen molar-refractivity contribution >= 4 is 40.3 Å². The molecule has 168 valence electrons. The summed E-state index contributed by atoms with van der Waals surface area (Å²) in [5.74, 6) is -0.132. The molecule has 10 heteroatoms. The Morgan fingerprint density at radius 1 is 1.12 bits per heavy atom. The number of nitrogens with one attached hydrogen (secondary N) is 1. The van der Waals surface area contributed by atoms with E-state index in [1.165, 1.54) is 16.8 Å². The molecule has 0 fully saturated rings. The summed E-state index contributed by atoms with van der Waals surface area (Å²) in [6, 6.07) is 12.3. The minimum atomic E-state index is -0.974. The zero-order valence-corrected chi connectivity index (χ0v) is 18.7. The predicted octanol–water partition coefficient (Wildman–Crippen LogP) is 3.28. The number of anilines is 1. The summed E-state index contributed by atoms with van der Waals surface area (Å²) in [6.45, 7) is 2.66. The van der Waals surface area contributed by atoms with Gasteiger partial charge in [-0.3, -0.25) is 9.59 Å². The fraction of sp³-hybridized carbons (Fsp3) is 0.273. The van der Waals surface area contributed by atoms with Crippen LogP contribution >= 0.6 is 11.8 Å². The van der Waals surface area contributed by atoms with Gasteiger partial charge in [0, 0.05) is 17.0 Å². The molecule has 2 amide bonds. The van der Waals surface area contributed by atoms with Crippen LogP contribution in [0.2, 0.25) is 0 Å². The van der Waals surface area contributed by atoms with E-state index in [1.54, 1.807) is 31.4 Å². The molecular weight excluding hydrogens is 434 g/mol. The molecule has 0 unspecified atom stereocenters. The zero-order valence-electron chi connectivity index (χ0n) is 17.9. The van der Waals surface area contributed by atoms with Crippen molar-refractivity contribution < 1.29 is 28.6 Å². The number of amides is 2. The average Bonchev–Trinajstić information content (AvgIpc) is 2.81. The Bertz CT molecular complexity index is 1040. The topological polar surface area (TPSA) is 107 Å². The van der Waals surface area contributed by atoms with Crippen LogP contribution in [0.1, 0.15) is 18.1 Å². The Labute approximate surface area is 189 Å². The Morgan fingerprint density at radius 2 is 1.88 bits per heavy atom. The maximum absolute atomic E-state index is 12.4. The fourth-order valence-corrected chi connectivity index (χ4v) is 3.67. The molecular formula is C22H23N3O6S. The van der Waals surface area contributed by atoms with E-state index in [1.807, 2.05) is 25.1 Å². The molecule has 2 aromatic rings.